The summed E-state index contributed by atoms with van der Waals surface area (Å²) in [4.78, 5) is 19.1. The lowest BCUT2D eigenvalue weighted by atomic mass is 10.0. The average Bonchev–Trinajstić information content (AvgIpc) is 2.63. The van der Waals surface area contributed by atoms with Crippen LogP contribution >= 0.6 is 0 Å². The van der Waals surface area contributed by atoms with Crippen molar-refractivity contribution in [2.45, 2.75) is 27.2 Å². The number of nitrogens with zero attached hydrogens (tertiary/aromatic N) is 1. The first-order valence-electron chi connectivity index (χ1n) is 9.14. The maximum absolute atomic E-state index is 12.2. The summed E-state index contributed by atoms with van der Waals surface area (Å²) >= 11 is 0. The average molecular weight is 363 g/mol. The summed E-state index contributed by atoms with van der Waals surface area (Å²) in [6.07, 6.45) is 0.969. The summed E-state index contributed by atoms with van der Waals surface area (Å²) in [7, 11) is 0. The number of anilines is 1. The third-order valence-electron chi connectivity index (χ3n) is 4.44. The van der Waals surface area contributed by atoms with Gasteiger partial charge in [-0.05, 0) is 55.2 Å². The highest BCUT2D eigenvalue weighted by Crippen LogP contribution is 2.30. The van der Waals surface area contributed by atoms with Crippen LogP contribution in [0, 0.1) is 12.8 Å². The van der Waals surface area contributed by atoms with E-state index in [1.165, 1.54) is 0 Å². The van der Waals surface area contributed by atoms with Crippen LogP contribution in [0.2, 0.25) is 0 Å². The minimum Gasteiger partial charge on any atom is -0.493 e. The number of H-pyrrole nitrogens is 1. The molecule has 3 N–H and O–H groups in total. The Morgan fingerprint density at radius 3 is 2.67 bits per heavy atom. The number of nitrogens with one attached hydrogen (secondary N) is 1. The lowest BCUT2D eigenvalue weighted by molar-refractivity contribution is 0.290. The fraction of sp³-hybridized carbons (Fsp3) is 0.273. The van der Waals surface area contributed by atoms with E-state index in [1.54, 1.807) is 0 Å². The van der Waals surface area contributed by atoms with Crippen LogP contribution < -0.4 is 16.2 Å². The minimum absolute atomic E-state index is 0.394. The standard InChI is InChI=1S/C22H25N3O2/c1-14(2)10-11-27-21-7-5-4-6-17(21)20-13-19(24-22(26)25-20)16-8-9-18(23)15(3)12-16/h4-9,12-14H,10-11,23H2,1-3H3,(H,24,25,26). The number of benzene rings is 2. The number of nitrogen functional groups attached to an aromatic ring is 1. The SMILES string of the molecule is Cc1cc(-c2cc(-c3ccccc3OCCC(C)C)[nH]c(=O)n2)ccc1N. The molecule has 1 aromatic heterocycles. The van der Waals surface area contributed by atoms with Gasteiger partial charge in [0.2, 0.25) is 0 Å². The van der Waals surface area contributed by atoms with E-state index in [-0.39, 0.29) is 0 Å². The van der Waals surface area contributed by atoms with Crippen molar-refractivity contribution in [1.82, 2.24) is 9.97 Å². The van der Waals surface area contributed by atoms with Crippen LogP contribution in [0.25, 0.3) is 22.5 Å². The zero-order chi connectivity index (χ0) is 19.4. The molecule has 140 valence electrons. The Balaban J connectivity index is 1.99. The molecule has 1 heterocycles. The number of hydrogen-bond acceptors (Lipinski definition) is 4. The van der Waals surface area contributed by atoms with Gasteiger partial charge >= 0.3 is 5.69 Å². The molecule has 0 saturated carbocycles. The first-order valence-corrected chi connectivity index (χ1v) is 9.14. The quantitative estimate of drug-likeness (QED) is 0.635. The molecule has 0 radical (unpaired) electrons. The lowest BCUT2D eigenvalue weighted by Crippen LogP contribution is -2.12. The molecule has 0 fully saturated rings. The summed E-state index contributed by atoms with van der Waals surface area (Å²) in [5.74, 6) is 1.32. The smallest absolute Gasteiger partial charge is 0.345 e. The van der Waals surface area contributed by atoms with Gasteiger partial charge in [-0.1, -0.05) is 32.0 Å². The van der Waals surface area contributed by atoms with Crippen LogP contribution in [-0.4, -0.2) is 16.6 Å². The Morgan fingerprint density at radius 1 is 1.15 bits per heavy atom. The van der Waals surface area contributed by atoms with Crippen molar-refractivity contribution in [2.24, 2.45) is 5.92 Å². The topological polar surface area (TPSA) is 81.0 Å². The third kappa shape index (κ3) is 4.56. The molecule has 2 aromatic carbocycles. The van der Waals surface area contributed by atoms with E-state index in [9.17, 15) is 4.79 Å². The number of nitrogens with two attached hydrogens (primary N) is 1. The molecular weight excluding hydrogens is 338 g/mol. The van der Waals surface area contributed by atoms with Crippen LogP contribution in [0.1, 0.15) is 25.8 Å². The highest BCUT2D eigenvalue weighted by Gasteiger charge is 2.11. The molecule has 0 aliphatic heterocycles. The van der Waals surface area contributed by atoms with Gasteiger partial charge < -0.3 is 15.5 Å². The molecule has 27 heavy (non-hydrogen) atoms. The maximum atomic E-state index is 12.2. The summed E-state index contributed by atoms with van der Waals surface area (Å²) in [5, 5.41) is 0. The van der Waals surface area contributed by atoms with E-state index < -0.39 is 5.69 Å². The minimum atomic E-state index is -0.394. The van der Waals surface area contributed by atoms with Gasteiger partial charge in [0.25, 0.3) is 0 Å². The van der Waals surface area contributed by atoms with Gasteiger partial charge in [-0.2, -0.15) is 4.98 Å². The summed E-state index contributed by atoms with van der Waals surface area (Å²) < 4.78 is 5.96. The van der Waals surface area contributed by atoms with E-state index in [0.29, 0.717) is 29.6 Å². The molecule has 5 nitrogen and oxygen atoms in total. The number of aryl methyl sites for hydroxylation is 1. The zero-order valence-electron chi connectivity index (χ0n) is 16.0. The van der Waals surface area contributed by atoms with Gasteiger partial charge in [-0.25, -0.2) is 4.79 Å². The van der Waals surface area contributed by atoms with Gasteiger partial charge in [-0.15, -0.1) is 0 Å². The zero-order valence-corrected chi connectivity index (χ0v) is 16.0. The van der Waals surface area contributed by atoms with Crippen LogP contribution in [0.15, 0.2) is 53.3 Å². The van der Waals surface area contributed by atoms with E-state index >= 15 is 0 Å². The maximum Gasteiger partial charge on any atom is 0.345 e. The van der Waals surface area contributed by atoms with E-state index in [1.807, 2.05) is 55.5 Å². The molecule has 5 heteroatoms. The molecule has 3 rings (SSSR count). The van der Waals surface area contributed by atoms with Crippen molar-refractivity contribution in [1.29, 1.82) is 0 Å². The Morgan fingerprint density at radius 2 is 1.93 bits per heavy atom. The van der Waals surface area contributed by atoms with Crippen LogP contribution in [0.5, 0.6) is 5.75 Å². The molecule has 0 amide bonds. The molecule has 0 saturated heterocycles. The second-order valence-corrected chi connectivity index (χ2v) is 7.08. The number of aromatic nitrogens is 2. The fourth-order valence-electron chi connectivity index (χ4n) is 2.81. The Labute approximate surface area is 159 Å². The van der Waals surface area contributed by atoms with Gasteiger partial charge in [-0.3, -0.25) is 0 Å². The first kappa shape index (κ1) is 18.7. The molecule has 0 spiro atoms. The van der Waals surface area contributed by atoms with Crippen molar-refractivity contribution in [2.75, 3.05) is 12.3 Å². The van der Waals surface area contributed by atoms with Crippen molar-refractivity contribution < 1.29 is 4.74 Å². The van der Waals surface area contributed by atoms with Crippen molar-refractivity contribution in [3.8, 4) is 28.3 Å². The number of aromatic amines is 1. The van der Waals surface area contributed by atoms with Gasteiger partial charge in [0.05, 0.1) is 18.0 Å². The summed E-state index contributed by atoms with van der Waals surface area (Å²) in [6.45, 7) is 6.89. The predicted molar refractivity (Wildman–Crippen MR) is 110 cm³/mol. The number of rotatable bonds is 6. The predicted octanol–water partition coefficient (Wildman–Crippen LogP) is 4.42. The summed E-state index contributed by atoms with van der Waals surface area (Å²) in [6, 6.07) is 15.2. The van der Waals surface area contributed by atoms with E-state index in [0.717, 1.165) is 28.9 Å². The molecule has 3 aromatic rings. The second-order valence-electron chi connectivity index (χ2n) is 7.08. The highest BCUT2D eigenvalue weighted by atomic mass is 16.5. The molecule has 0 aliphatic rings. The highest BCUT2D eigenvalue weighted by molar-refractivity contribution is 5.72. The van der Waals surface area contributed by atoms with Gasteiger partial charge in [0, 0.05) is 16.8 Å². The molecule has 0 bridgehead atoms. The van der Waals surface area contributed by atoms with Crippen molar-refractivity contribution in [3.63, 3.8) is 0 Å². The second kappa shape index (κ2) is 8.08. The Bertz CT molecular complexity index is 993. The molecule has 0 unspecified atom stereocenters. The van der Waals surface area contributed by atoms with Gasteiger partial charge in [0.15, 0.2) is 0 Å². The molecule has 0 aliphatic carbocycles. The summed E-state index contributed by atoms with van der Waals surface area (Å²) in [5.41, 5.74) is 10.2. The first-order chi connectivity index (χ1) is 12.9. The third-order valence-corrected chi connectivity index (χ3v) is 4.44. The normalized spacial score (nSPS) is 11.0. The lowest BCUT2D eigenvalue weighted by Gasteiger charge is -2.13. The van der Waals surface area contributed by atoms with Gasteiger partial charge in [0.1, 0.15) is 5.75 Å². The van der Waals surface area contributed by atoms with Crippen LogP contribution in [-0.2, 0) is 0 Å². The number of ether oxygens (including phenoxy) is 1. The molecular formula is C22H25N3O2. The van der Waals surface area contributed by atoms with E-state index in [2.05, 4.69) is 23.8 Å². The Kier molecular flexibility index (Phi) is 5.60. The van der Waals surface area contributed by atoms with Crippen LogP contribution in [0.4, 0.5) is 5.69 Å². The van der Waals surface area contributed by atoms with Crippen molar-refractivity contribution >= 4 is 5.69 Å². The number of para-hydroxylation sites is 1. The van der Waals surface area contributed by atoms with Crippen molar-refractivity contribution in [3.05, 3.63) is 64.6 Å². The fourth-order valence-corrected chi connectivity index (χ4v) is 2.81. The molecule has 0 atom stereocenters. The monoisotopic (exact) mass is 363 g/mol. The largest absolute Gasteiger partial charge is 0.493 e. The Hall–Kier alpha value is -3.08. The van der Waals surface area contributed by atoms with E-state index in [4.69, 9.17) is 10.5 Å². The number of hydrogen-bond donors (Lipinski definition) is 2. The van der Waals surface area contributed by atoms with Crippen LogP contribution in [0.3, 0.4) is 0 Å².